The second kappa shape index (κ2) is 12.2. The van der Waals surface area contributed by atoms with Crippen molar-refractivity contribution in [2.24, 2.45) is 5.92 Å². The van der Waals surface area contributed by atoms with Gasteiger partial charge in [-0.2, -0.15) is 0 Å². The van der Waals surface area contributed by atoms with Crippen LogP contribution < -0.4 is 5.32 Å². The van der Waals surface area contributed by atoms with Crippen molar-refractivity contribution in [3.63, 3.8) is 0 Å². The fraction of sp³-hybridized carbons (Fsp3) is 0.462. The van der Waals surface area contributed by atoms with Crippen LogP contribution in [0.3, 0.4) is 0 Å². The van der Waals surface area contributed by atoms with E-state index in [-0.39, 0.29) is 17.4 Å². The highest BCUT2D eigenvalue weighted by Gasteiger charge is 2.26. The molecule has 0 aliphatic carbocycles. The monoisotopic (exact) mass is 487 g/mol. The summed E-state index contributed by atoms with van der Waals surface area (Å²) in [6.45, 7) is 9.98. The molecule has 1 aliphatic heterocycles. The normalized spacial score (nSPS) is 15.4. The minimum Gasteiger partial charge on any atom is -0.462 e. The lowest BCUT2D eigenvalue weighted by atomic mass is 9.81. The second-order valence-corrected chi connectivity index (χ2v) is 9.90. The van der Waals surface area contributed by atoms with Gasteiger partial charge in [0.15, 0.2) is 0 Å². The molecule has 1 heterocycles. The molecule has 0 spiro atoms. The van der Waals surface area contributed by atoms with Gasteiger partial charge in [-0.3, -0.25) is 9.59 Å². The van der Waals surface area contributed by atoms with Gasteiger partial charge in [-0.15, -0.1) is 0 Å². The van der Waals surface area contributed by atoms with Crippen molar-refractivity contribution in [1.29, 1.82) is 0 Å². The molecule has 4 nitrogen and oxygen atoms in total. The largest absolute Gasteiger partial charge is 0.462 e. The van der Waals surface area contributed by atoms with Crippen molar-refractivity contribution in [2.45, 2.75) is 58.5 Å². The summed E-state index contributed by atoms with van der Waals surface area (Å²) in [5.41, 5.74) is 3.42. The molecule has 0 amide bonds. The summed E-state index contributed by atoms with van der Waals surface area (Å²) < 4.78 is 5.62. The lowest BCUT2D eigenvalue weighted by Crippen LogP contribution is -2.32. The summed E-state index contributed by atoms with van der Waals surface area (Å²) >= 11 is 3.50. The highest BCUT2D eigenvalue weighted by Crippen LogP contribution is 2.33. The zero-order valence-electron chi connectivity index (χ0n) is 19.0. The topological polar surface area (TPSA) is 55.4 Å². The number of carbonyl (C=O) groups excluding carboxylic acids is 2. The van der Waals surface area contributed by atoms with Gasteiger partial charge in [0.25, 0.3) is 6.47 Å². The van der Waals surface area contributed by atoms with E-state index >= 15 is 0 Å². The van der Waals surface area contributed by atoms with Gasteiger partial charge in [0.2, 0.25) is 0 Å². The maximum atomic E-state index is 12.9. The van der Waals surface area contributed by atoms with Crippen LogP contribution in [0.4, 0.5) is 0 Å². The van der Waals surface area contributed by atoms with Crippen LogP contribution >= 0.6 is 15.9 Å². The lowest BCUT2D eigenvalue weighted by Gasteiger charge is -2.25. The van der Waals surface area contributed by atoms with E-state index in [4.69, 9.17) is 0 Å². The summed E-state index contributed by atoms with van der Waals surface area (Å²) in [6, 6.07) is 16.8. The number of ketones is 1. The Hall–Kier alpha value is -1.98. The first-order valence-corrected chi connectivity index (χ1v) is 11.7. The van der Waals surface area contributed by atoms with Gasteiger partial charge in [0.05, 0.1) is 0 Å². The quantitative estimate of drug-likeness (QED) is 0.522. The Morgan fingerprint density at radius 2 is 1.74 bits per heavy atom. The number of piperidine rings is 1. The van der Waals surface area contributed by atoms with Gasteiger partial charge < -0.3 is 10.1 Å². The van der Waals surface area contributed by atoms with Gasteiger partial charge in [0.1, 0.15) is 11.4 Å². The number of benzene rings is 2. The maximum absolute atomic E-state index is 12.9. The zero-order valence-corrected chi connectivity index (χ0v) is 20.6. The van der Waals surface area contributed by atoms with Gasteiger partial charge in [-0.25, -0.2) is 0 Å². The third-order valence-corrected chi connectivity index (χ3v) is 5.97. The standard InChI is InChI=1S/C21H24BrNO.C5H10O2/c1-15-4-2-3-5-19(15)20(16-6-8-18(22)9-7-16)14-21(24)17-10-12-23-13-11-17;1-5(2,3)7-4-6/h2-9,17,20,23H,10-14H2,1H3;4H,1-3H3. The van der Waals surface area contributed by atoms with E-state index < -0.39 is 0 Å². The average molecular weight is 488 g/mol. The molecule has 0 radical (unpaired) electrons. The Morgan fingerprint density at radius 3 is 2.26 bits per heavy atom. The molecule has 0 bridgehead atoms. The molecule has 5 heteroatoms. The Morgan fingerprint density at radius 1 is 1.13 bits per heavy atom. The molecule has 0 saturated carbocycles. The van der Waals surface area contributed by atoms with E-state index in [1.54, 1.807) is 0 Å². The Balaban J connectivity index is 0.000000423. The molecule has 2 aromatic carbocycles. The summed E-state index contributed by atoms with van der Waals surface area (Å²) in [4.78, 5) is 22.5. The molecular weight excluding hydrogens is 454 g/mol. The van der Waals surface area contributed by atoms with Crippen molar-refractivity contribution in [2.75, 3.05) is 13.1 Å². The lowest BCUT2D eigenvalue weighted by molar-refractivity contribution is -0.138. The van der Waals surface area contributed by atoms with E-state index in [2.05, 4.69) is 81.4 Å². The van der Waals surface area contributed by atoms with Gasteiger partial charge in [-0.05, 0) is 82.4 Å². The average Bonchev–Trinajstić information content (AvgIpc) is 2.73. The molecule has 2 aromatic rings. The number of halogens is 1. The highest BCUT2D eigenvalue weighted by atomic mass is 79.9. The Bertz CT molecular complexity index is 836. The fourth-order valence-electron chi connectivity index (χ4n) is 3.74. The molecule has 1 atom stereocenters. The van der Waals surface area contributed by atoms with Crippen molar-refractivity contribution in [1.82, 2.24) is 5.32 Å². The molecule has 168 valence electrons. The Kier molecular flexibility index (Phi) is 9.92. The van der Waals surface area contributed by atoms with Crippen LogP contribution in [0.2, 0.25) is 0 Å². The number of hydrogen-bond donors (Lipinski definition) is 1. The van der Waals surface area contributed by atoms with Crippen LogP contribution in [0.25, 0.3) is 0 Å². The number of ether oxygens (including phenoxy) is 1. The van der Waals surface area contributed by atoms with Crippen molar-refractivity contribution >= 4 is 28.2 Å². The van der Waals surface area contributed by atoms with Crippen LogP contribution in [-0.4, -0.2) is 30.9 Å². The number of carbonyl (C=O) groups is 2. The fourth-order valence-corrected chi connectivity index (χ4v) is 4.00. The first-order valence-electron chi connectivity index (χ1n) is 10.9. The number of rotatable bonds is 6. The number of nitrogens with one attached hydrogen (secondary N) is 1. The molecule has 3 rings (SSSR count). The second-order valence-electron chi connectivity index (χ2n) is 8.98. The molecule has 1 aliphatic rings. The van der Waals surface area contributed by atoms with Crippen molar-refractivity contribution in [3.05, 3.63) is 69.7 Å². The van der Waals surface area contributed by atoms with Crippen LogP contribution in [0.5, 0.6) is 0 Å². The van der Waals surface area contributed by atoms with Crippen molar-refractivity contribution in [3.8, 4) is 0 Å². The maximum Gasteiger partial charge on any atom is 0.293 e. The molecule has 1 saturated heterocycles. The summed E-state index contributed by atoms with van der Waals surface area (Å²) in [6.07, 6.45) is 2.54. The van der Waals surface area contributed by atoms with E-state index in [1.807, 2.05) is 20.8 Å². The van der Waals surface area contributed by atoms with E-state index in [0.717, 1.165) is 30.4 Å². The van der Waals surface area contributed by atoms with Crippen LogP contribution in [0, 0.1) is 12.8 Å². The Labute approximate surface area is 194 Å². The summed E-state index contributed by atoms with van der Waals surface area (Å²) in [7, 11) is 0. The van der Waals surface area contributed by atoms with Crippen molar-refractivity contribution < 1.29 is 14.3 Å². The first kappa shape index (κ1) is 25.3. The molecule has 1 unspecified atom stereocenters. The molecular formula is C26H34BrNO3. The molecule has 0 aromatic heterocycles. The molecule has 31 heavy (non-hydrogen) atoms. The highest BCUT2D eigenvalue weighted by molar-refractivity contribution is 9.10. The van der Waals surface area contributed by atoms with Crippen LogP contribution in [0.15, 0.2) is 53.0 Å². The minimum absolute atomic E-state index is 0.140. The van der Waals surface area contributed by atoms with E-state index in [9.17, 15) is 9.59 Å². The van der Waals surface area contributed by atoms with Gasteiger partial charge >= 0.3 is 0 Å². The smallest absolute Gasteiger partial charge is 0.293 e. The summed E-state index contributed by atoms with van der Waals surface area (Å²) in [5.74, 6) is 0.766. The number of aryl methyl sites for hydroxylation is 1. The third-order valence-electron chi connectivity index (χ3n) is 5.44. The first-order chi connectivity index (χ1) is 14.7. The minimum atomic E-state index is -0.318. The molecule has 1 fully saturated rings. The predicted octanol–water partition coefficient (Wildman–Crippen LogP) is 5.81. The molecule has 1 N–H and O–H groups in total. The third kappa shape index (κ3) is 8.58. The van der Waals surface area contributed by atoms with E-state index in [1.165, 1.54) is 16.7 Å². The van der Waals surface area contributed by atoms with Crippen LogP contribution in [0.1, 0.15) is 62.6 Å². The summed E-state index contributed by atoms with van der Waals surface area (Å²) in [5, 5.41) is 3.34. The van der Waals surface area contributed by atoms with E-state index in [0.29, 0.717) is 18.7 Å². The predicted molar refractivity (Wildman–Crippen MR) is 129 cm³/mol. The zero-order chi connectivity index (χ0) is 22.9. The van der Waals surface area contributed by atoms with Crippen LogP contribution in [-0.2, 0) is 14.3 Å². The number of Topliss-reactive ketones (excluding diaryl/α,β-unsaturated/α-hetero) is 1. The van der Waals surface area contributed by atoms with Gasteiger partial charge in [-0.1, -0.05) is 52.3 Å². The number of hydrogen-bond acceptors (Lipinski definition) is 4. The SMILES string of the molecule is CC(C)(C)OC=O.Cc1ccccc1C(CC(=O)C1CCNCC1)c1ccc(Br)cc1. The van der Waals surface area contributed by atoms with Gasteiger partial charge in [0, 0.05) is 22.7 Å².